The third-order valence-electron chi connectivity index (χ3n) is 3.88. The maximum atomic E-state index is 12.4. The molecular formula is C17H24Cl2N4O2. The van der Waals surface area contributed by atoms with E-state index in [2.05, 4.69) is 29.5 Å². The second-order valence-electron chi connectivity index (χ2n) is 6.39. The molecule has 0 spiro atoms. The van der Waals surface area contributed by atoms with Gasteiger partial charge in [-0.3, -0.25) is 9.36 Å². The summed E-state index contributed by atoms with van der Waals surface area (Å²) in [4.78, 5) is 16.5. The van der Waals surface area contributed by atoms with Gasteiger partial charge in [0.1, 0.15) is 5.69 Å². The van der Waals surface area contributed by atoms with Crippen LogP contribution in [0.4, 0.5) is 0 Å². The third-order valence-corrected chi connectivity index (χ3v) is 3.88. The number of hydrogen-bond donors (Lipinski definition) is 2. The number of nitrogens with one attached hydrogen (secondary N) is 2. The Bertz CT molecular complexity index is 666. The van der Waals surface area contributed by atoms with E-state index in [9.17, 15) is 4.79 Å². The number of carbonyl (C=O) groups is 1. The van der Waals surface area contributed by atoms with E-state index >= 15 is 0 Å². The van der Waals surface area contributed by atoms with Gasteiger partial charge in [0, 0.05) is 24.3 Å². The summed E-state index contributed by atoms with van der Waals surface area (Å²) in [5.41, 5.74) is 1.42. The molecule has 25 heavy (non-hydrogen) atoms. The van der Waals surface area contributed by atoms with Crippen LogP contribution in [-0.4, -0.2) is 46.8 Å². The van der Waals surface area contributed by atoms with Crippen molar-refractivity contribution < 1.29 is 9.53 Å². The molecule has 0 radical (unpaired) electrons. The van der Waals surface area contributed by atoms with E-state index in [1.165, 1.54) is 0 Å². The Kier molecular flexibility index (Phi) is 7.89. The second-order valence-corrected chi connectivity index (χ2v) is 6.39. The Morgan fingerprint density at radius 1 is 1.36 bits per heavy atom. The highest BCUT2D eigenvalue weighted by Gasteiger charge is 2.27. The van der Waals surface area contributed by atoms with Crippen LogP contribution < -0.4 is 10.6 Å². The number of imidazole rings is 1. The van der Waals surface area contributed by atoms with Gasteiger partial charge in [-0.05, 0) is 26.0 Å². The van der Waals surface area contributed by atoms with E-state index in [0.717, 1.165) is 12.2 Å². The fraction of sp³-hybridized carbons (Fsp3) is 0.412. The first-order chi connectivity index (χ1) is 11.1. The summed E-state index contributed by atoms with van der Waals surface area (Å²) in [5.74, 6) is -0.153. The van der Waals surface area contributed by atoms with Crippen LogP contribution in [0.25, 0.3) is 5.69 Å². The summed E-state index contributed by atoms with van der Waals surface area (Å²) in [6, 6.07) is 9.68. The van der Waals surface area contributed by atoms with Crippen LogP contribution in [0.1, 0.15) is 24.3 Å². The Labute approximate surface area is 160 Å². The van der Waals surface area contributed by atoms with Crippen molar-refractivity contribution in [3.05, 3.63) is 48.5 Å². The largest absolute Gasteiger partial charge is 0.373 e. The van der Waals surface area contributed by atoms with Crippen LogP contribution in [0.3, 0.4) is 0 Å². The van der Waals surface area contributed by atoms with E-state index in [-0.39, 0.29) is 42.4 Å². The normalized spacial score (nSPS) is 18.6. The molecule has 1 aromatic carbocycles. The number of amides is 1. The lowest BCUT2D eigenvalue weighted by Crippen LogP contribution is -2.55. The number of ether oxygens (including phenoxy) is 1. The van der Waals surface area contributed by atoms with Crippen LogP contribution in [0, 0.1) is 0 Å². The van der Waals surface area contributed by atoms with Gasteiger partial charge < -0.3 is 15.4 Å². The van der Waals surface area contributed by atoms with E-state index < -0.39 is 0 Å². The number of hydrogen-bond acceptors (Lipinski definition) is 4. The third kappa shape index (κ3) is 5.44. The van der Waals surface area contributed by atoms with Crippen molar-refractivity contribution in [3.63, 3.8) is 0 Å². The summed E-state index contributed by atoms with van der Waals surface area (Å²) in [7, 11) is 0. The molecule has 1 amide bonds. The maximum Gasteiger partial charge on any atom is 0.270 e. The topological polar surface area (TPSA) is 68.2 Å². The Balaban J connectivity index is 0.00000156. The van der Waals surface area contributed by atoms with Crippen LogP contribution in [0.2, 0.25) is 0 Å². The molecule has 1 aliphatic heterocycles. The van der Waals surface area contributed by atoms with Gasteiger partial charge in [-0.1, -0.05) is 18.2 Å². The summed E-state index contributed by atoms with van der Waals surface area (Å²) in [6.07, 6.45) is 3.21. The lowest BCUT2D eigenvalue weighted by molar-refractivity contribution is -0.0196. The number of para-hydroxylation sites is 1. The number of aromatic nitrogens is 2. The minimum atomic E-state index is -0.153. The SMILES string of the molecule is CC1(C)COC(CNC(=O)c2cncn2-c2ccccc2)CN1.Cl.Cl. The van der Waals surface area contributed by atoms with Crippen molar-refractivity contribution in [2.24, 2.45) is 0 Å². The minimum Gasteiger partial charge on any atom is -0.373 e. The van der Waals surface area contributed by atoms with E-state index in [1.54, 1.807) is 17.1 Å². The van der Waals surface area contributed by atoms with Gasteiger partial charge in [0.2, 0.25) is 0 Å². The molecule has 0 bridgehead atoms. The van der Waals surface area contributed by atoms with Crippen LogP contribution in [0.5, 0.6) is 0 Å². The van der Waals surface area contributed by atoms with Crippen molar-refractivity contribution in [3.8, 4) is 5.69 Å². The average Bonchev–Trinajstić information content (AvgIpc) is 3.04. The van der Waals surface area contributed by atoms with Crippen molar-refractivity contribution in [1.29, 1.82) is 0 Å². The first-order valence-electron chi connectivity index (χ1n) is 7.78. The number of nitrogens with zero attached hydrogens (tertiary/aromatic N) is 2. The lowest BCUT2D eigenvalue weighted by Gasteiger charge is -2.35. The molecule has 138 valence electrons. The highest BCUT2D eigenvalue weighted by Crippen LogP contribution is 2.12. The fourth-order valence-corrected chi connectivity index (χ4v) is 2.51. The van der Waals surface area contributed by atoms with Crippen LogP contribution >= 0.6 is 24.8 Å². The Hall–Kier alpha value is -1.60. The van der Waals surface area contributed by atoms with Gasteiger partial charge in [0.15, 0.2) is 0 Å². The zero-order chi connectivity index (χ0) is 16.3. The van der Waals surface area contributed by atoms with Crippen molar-refractivity contribution in [1.82, 2.24) is 20.2 Å². The van der Waals surface area contributed by atoms with Crippen LogP contribution in [-0.2, 0) is 4.74 Å². The van der Waals surface area contributed by atoms with Gasteiger partial charge in [0.05, 0.1) is 25.2 Å². The van der Waals surface area contributed by atoms with E-state index in [0.29, 0.717) is 18.8 Å². The predicted molar refractivity (Wildman–Crippen MR) is 102 cm³/mol. The number of rotatable bonds is 4. The first kappa shape index (κ1) is 21.4. The monoisotopic (exact) mass is 386 g/mol. The molecule has 3 rings (SSSR count). The molecule has 1 aliphatic rings. The van der Waals surface area contributed by atoms with Gasteiger partial charge in [-0.2, -0.15) is 0 Å². The zero-order valence-corrected chi connectivity index (χ0v) is 15.9. The minimum absolute atomic E-state index is 0. The molecule has 6 nitrogen and oxygen atoms in total. The van der Waals surface area contributed by atoms with Crippen molar-refractivity contribution >= 4 is 30.7 Å². The van der Waals surface area contributed by atoms with E-state index in [4.69, 9.17) is 4.74 Å². The highest BCUT2D eigenvalue weighted by molar-refractivity contribution is 5.93. The van der Waals surface area contributed by atoms with Crippen molar-refractivity contribution in [2.75, 3.05) is 19.7 Å². The summed E-state index contributed by atoms with van der Waals surface area (Å²) in [6.45, 7) is 6.03. The number of halogens is 2. The number of benzene rings is 1. The average molecular weight is 387 g/mol. The van der Waals surface area contributed by atoms with Gasteiger partial charge in [-0.25, -0.2) is 4.98 Å². The Morgan fingerprint density at radius 2 is 2.08 bits per heavy atom. The van der Waals surface area contributed by atoms with Gasteiger partial charge >= 0.3 is 0 Å². The molecular weight excluding hydrogens is 363 g/mol. The highest BCUT2D eigenvalue weighted by atomic mass is 35.5. The molecule has 1 atom stereocenters. The predicted octanol–water partition coefficient (Wildman–Crippen LogP) is 2.21. The molecule has 2 aromatic rings. The van der Waals surface area contributed by atoms with Gasteiger partial charge in [-0.15, -0.1) is 24.8 Å². The second kappa shape index (κ2) is 9.20. The number of carbonyl (C=O) groups excluding carboxylic acids is 1. The maximum absolute atomic E-state index is 12.4. The molecule has 1 unspecified atom stereocenters. The summed E-state index contributed by atoms with van der Waals surface area (Å²) < 4.78 is 7.55. The zero-order valence-electron chi connectivity index (χ0n) is 14.3. The van der Waals surface area contributed by atoms with Crippen molar-refractivity contribution in [2.45, 2.75) is 25.5 Å². The summed E-state index contributed by atoms with van der Waals surface area (Å²) >= 11 is 0. The molecule has 1 saturated heterocycles. The summed E-state index contributed by atoms with van der Waals surface area (Å²) in [5, 5.41) is 6.34. The molecule has 0 aliphatic carbocycles. The molecule has 1 aromatic heterocycles. The van der Waals surface area contributed by atoms with Gasteiger partial charge in [0.25, 0.3) is 5.91 Å². The van der Waals surface area contributed by atoms with Crippen LogP contribution in [0.15, 0.2) is 42.9 Å². The number of morpholine rings is 1. The molecule has 2 N–H and O–H groups in total. The first-order valence-corrected chi connectivity index (χ1v) is 7.78. The lowest BCUT2D eigenvalue weighted by atomic mass is 10.0. The fourth-order valence-electron chi connectivity index (χ4n) is 2.51. The van der Waals surface area contributed by atoms with E-state index in [1.807, 2.05) is 30.3 Å². The quantitative estimate of drug-likeness (QED) is 0.844. The molecule has 8 heteroatoms. The molecule has 0 saturated carbocycles. The molecule has 1 fully saturated rings. The smallest absolute Gasteiger partial charge is 0.270 e. The molecule has 2 heterocycles. The standard InChI is InChI=1S/C17H22N4O2.2ClH/c1-17(2)11-23-14(9-20-17)8-19-16(22)15-10-18-12-21(15)13-6-4-3-5-7-13;;/h3-7,10,12,14,20H,8-9,11H2,1-2H3,(H,19,22);2*1H. The Morgan fingerprint density at radius 3 is 2.72 bits per heavy atom.